The maximum atomic E-state index is 5.25. The van der Waals surface area contributed by atoms with Crippen LogP contribution in [0.25, 0.3) is 110 Å². The van der Waals surface area contributed by atoms with Gasteiger partial charge in [0.2, 0.25) is 0 Å². The molecule has 0 saturated heterocycles. The van der Waals surface area contributed by atoms with E-state index in [1.165, 1.54) is 32.3 Å². The molecule has 0 radical (unpaired) electrons. The van der Waals surface area contributed by atoms with Gasteiger partial charge in [0.25, 0.3) is 0 Å². The Morgan fingerprint density at radius 2 is 0.651 bits per heavy atom. The number of nitrogens with zero attached hydrogens (tertiary/aromatic N) is 3. The number of fused-ring (bicyclic) bond motifs is 1. The van der Waals surface area contributed by atoms with Crippen molar-refractivity contribution in [1.82, 2.24) is 15.0 Å². The van der Waals surface area contributed by atoms with Crippen molar-refractivity contribution in [2.75, 3.05) is 0 Å². The van der Waals surface area contributed by atoms with Gasteiger partial charge in [0.15, 0.2) is 17.5 Å². The van der Waals surface area contributed by atoms with Crippen LogP contribution in [0.15, 0.2) is 237 Å². The van der Waals surface area contributed by atoms with Crippen LogP contribution in [0.2, 0.25) is 0 Å². The average molecular weight is 822 g/mol. The predicted octanol–water partition coefficient (Wildman–Crippen LogP) is 16.1. The minimum absolute atomic E-state index is 0.623. The zero-order valence-electron chi connectivity index (χ0n) is 34.3. The Morgan fingerprint density at radius 3 is 1.21 bits per heavy atom. The summed E-state index contributed by atoms with van der Waals surface area (Å²) < 4.78 is 1.20. The Balaban J connectivity index is 1.14. The SMILES string of the molecule is c1ccc(-c2ccccc2-c2nc(-c3ccc(-c4c(-c5ccccc5)cc(-c5ccccc5)c(-c5ccccc5)c4-c4ccccc4)cc3)nc(-c3cc4ccccc4s3)n2)cc1. The second kappa shape index (κ2) is 16.8. The molecule has 0 aliphatic rings. The smallest absolute Gasteiger partial charge is 0.174 e. The number of benzene rings is 9. The van der Waals surface area contributed by atoms with Gasteiger partial charge in [-0.3, -0.25) is 0 Å². The highest BCUT2D eigenvalue weighted by molar-refractivity contribution is 7.22. The summed E-state index contributed by atoms with van der Waals surface area (Å²) in [6, 6.07) is 83.8. The second-order valence-electron chi connectivity index (χ2n) is 15.5. The Kier molecular flexibility index (Phi) is 10.1. The molecule has 4 heteroatoms. The van der Waals surface area contributed by atoms with E-state index in [4.69, 9.17) is 15.0 Å². The van der Waals surface area contributed by atoms with Gasteiger partial charge in [0, 0.05) is 15.8 Å². The first-order valence-electron chi connectivity index (χ1n) is 21.2. The van der Waals surface area contributed by atoms with Crippen LogP contribution in [0.4, 0.5) is 0 Å². The van der Waals surface area contributed by atoms with E-state index in [2.05, 4.69) is 231 Å². The number of rotatable bonds is 9. The third kappa shape index (κ3) is 7.43. The lowest BCUT2D eigenvalue weighted by Gasteiger charge is -2.24. The molecule has 0 bridgehead atoms. The molecule has 0 spiro atoms. The highest BCUT2D eigenvalue weighted by atomic mass is 32.1. The van der Waals surface area contributed by atoms with E-state index in [-0.39, 0.29) is 0 Å². The fraction of sp³-hybridized carbons (Fsp3) is 0. The molecule has 0 fully saturated rings. The van der Waals surface area contributed by atoms with E-state index in [1.807, 2.05) is 6.07 Å². The van der Waals surface area contributed by atoms with Crippen LogP contribution in [0.3, 0.4) is 0 Å². The molecule has 0 aliphatic carbocycles. The summed E-state index contributed by atoms with van der Waals surface area (Å²) in [6.07, 6.45) is 0. The molecule has 0 N–H and O–H groups in total. The Morgan fingerprint density at radius 1 is 0.254 bits per heavy atom. The van der Waals surface area contributed by atoms with Crippen molar-refractivity contribution >= 4 is 21.4 Å². The molecule has 0 aliphatic heterocycles. The molecule has 2 aromatic heterocycles. The van der Waals surface area contributed by atoms with E-state index in [1.54, 1.807) is 11.3 Å². The lowest BCUT2D eigenvalue weighted by molar-refractivity contribution is 1.08. The maximum Gasteiger partial charge on any atom is 0.174 e. The fourth-order valence-corrected chi connectivity index (χ4v) is 9.63. The molecule has 2 heterocycles. The summed E-state index contributed by atoms with van der Waals surface area (Å²) in [4.78, 5) is 16.7. The van der Waals surface area contributed by atoms with Crippen molar-refractivity contribution in [2.45, 2.75) is 0 Å². The molecule has 9 aromatic carbocycles. The highest BCUT2D eigenvalue weighted by Gasteiger charge is 2.24. The van der Waals surface area contributed by atoms with E-state index >= 15 is 0 Å². The molecular weight excluding hydrogens is 783 g/mol. The molecule has 0 saturated carbocycles. The largest absolute Gasteiger partial charge is 0.208 e. The van der Waals surface area contributed by atoms with Gasteiger partial charge in [-0.2, -0.15) is 0 Å². The topological polar surface area (TPSA) is 38.7 Å². The fourth-order valence-electron chi connectivity index (χ4n) is 8.63. The maximum absolute atomic E-state index is 5.25. The second-order valence-corrected chi connectivity index (χ2v) is 16.6. The number of thiophene rings is 1. The molecule has 0 atom stereocenters. The minimum atomic E-state index is 0.623. The van der Waals surface area contributed by atoms with Gasteiger partial charge in [-0.1, -0.05) is 218 Å². The minimum Gasteiger partial charge on any atom is -0.208 e. The molecule has 11 aromatic rings. The van der Waals surface area contributed by atoms with Crippen molar-refractivity contribution in [2.24, 2.45) is 0 Å². The number of aromatic nitrogens is 3. The number of hydrogen-bond acceptors (Lipinski definition) is 4. The standard InChI is InChI=1S/C59H39N3S/c1-6-20-40(21-7-1)48-31-17-18-32-49(48)58-60-57(61-59(62-58)53-38-47-30-16-19-33-52(47)63-53)46-36-34-45(35-37-46)55-51(42-24-10-3-11-25-42)39-50(41-22-8-2-9-23-41)54(43-26-12-4-13-27-43)56(55)44-28-14-5-15-29-44/h1-39H. The molecule has 11 rings (SSSR count). The van der Waals surface area contributed by atoms with Crippen LogP contribution >= 0.6 is 11.3 Å². The Bertz CT molecular complexity index is 3310. The zero-order chi connectivity index (χ0) is 42.0. The van der Waals surface area contributed by atoms with E-state index in [0.29, 0.717) is 17.5 Å². The van der Waals surface area contributed by atoms with Crippen LogP contribution in [-0.4, -0.2) is 15.0 Å². The van der Waals surface area contributed by atoms with E-state index in [0.717, 1.165) is 60.5 Å². The first-order valence-corrected chi connectivity index (χ1v) is 22.0. The molecule has 296 valence electrons. The zero-order valence-corrected chi connectivity index (χ0v) is 35.1. The predicted molar refractivity (Wildman–Crippen MR) is 264 cm³/mol. The van der Waals surface area contributed by atoms with Crippen LogP contribution in [0.1, 0.15) is 0 Å². The van der Waals surface area contributed by atoms with Gasteiger partial charge in [-0.15, -0.1) is 11.3 Å². The number of hydrogen-bond donors (Lipinski definition) is 0. The summed E-state index contributed by atoms with van der Waals surface area (Å²) >= 11 is 1.70. The van der Waals surface area contributed by atoms with E-state index < -0.39 is 0 Å². The summed E-state index contributed by atoms with van der Waals surface area (Å²) in [7, 11) is 0. The van der Waals surface area contributed by atoms with Crippen molar-refractivity contribution in [3.63, 3.8) is 0 Å². The van der Waals surface area contributed by atoms with Crippen LogP contribution in [-0.2, 0) is 0 Å². The molecule has 0 amide bonds. The normalized spacial score (nSPS) is 11.2. The van der Waals surface area contributed by atoms with E-state index in [9.17, 15) is 0 Å². The van der Waals surface area contributed by atoms with Crippen molar-refractivity contribution in [1.29, 1.82) is 0 Å². The summed E-state index contributed by atoms with van der Waals surface area (Å²) in [6.45, 7) is 0. The lowest BCUT2D eigenvalue weighted by Crippen LogP contribution is -2.01. The quantitative estimate of drug-likeness (QED) is 0.146. The third-order valence-electron chi connectivity index (χ3n) is 11.6. The molecule has 0 unspecified atom stereocenters. The Hall–Kier alpha value is -8.05. The third-order valence-corrected chi connectivity index (χ3v) is 12.7. The van der Waals surface area contributed by atoms with Gasteiger partial charge in [-0.25, -0.2) is 15.0 Å². The lowest BCUT2D eigenvalue weighted by atomic mass is 9.79. The van der Waals surface area contributed by atoms with Crippen molar-refractivity contribution in [3.05, 3.63) is 237 Å². The van der Waals surface area contributed by atoms with Gasteiger partial charge >= 0.3 is 0 Å². The Labute approximate surface area is 371 Å². The first-order chi connectivity index (χ1) is 31.2. The highest BCUT2D eigenvalue weighted by Crippen LogP contribution is 2.50. The van der Waals surface area contributed by atoms with Gasteiger partial charge in [-0.05, 0) is 90.3 Å². The van der Waals surface area contributed by atoms with Crippen molar-refractivity contribution in [3.8, 4) is 100 Å². The summed E-state index contributed by atoms with van der Waals surface area (Å²) in [5.74, 6) is 1.92. The average Bonchev–Trinajstić information content (AvgIpc) is 3.82. The molecular formula is C59H39N3S. The monoisotopic (exact) mass is 821 g/mol. The van der Waals surface area contributed by atoms with Gasteiger partial charge < -0.3 is 0 Å². The summed E-state index contributed by atoms with van der Waals surface area (Å²) in [5, 5.41) is 1.17. The van der Waals surface area contributed by atoms with Crippen molar-refractivity contribution < 1.29 is 0 Å². The van der Waals surface area contributed by atoms with Crippen LogP contribution in [0, 0.1) is 0 Å². The van der Waals surface area contributed by atoms with Gasteiger partial charge in [0.1, 0.15) is 0 Å². The molecule has 3 nitrogen and oxygen atoms in total. The first kappa shape index (κ1) is 37.9. The van der Waals surface area contributed by atoms with Crippen LogP contribution in [0.5, 0.6) is 0 Å². The molecule has 63 heavy (non-hydrogen) atoms. The van der Waals surface area contributed by atoms with Crippen LogP contribution < -0.4 is 0 Å². The summed E-state index contributed by atoms with van der Waals surface area (Å²) in [5.41, 5.74) is 15.7. The van der Waals surface area contributed by atoms with Gasteiger partial charge in [0.05, 0.1) is 4.88 Å².